The third-order valence-corrected chi connectivity index (χ3v) is 2.50. The summed E-state index contributed by atoms with van der Waals surface area (Å²) in [5, 5.41) is 10.2. The smallest absolute Gasteiger partial charge is 0.263 e. The summed E-state index contributed by atoms with van der Waals surface area (Å²) in [6, 6.07) is 3.94. The molecule has 1 aromatic rings. The first kappa shape index (κ1) is 11.4. The molecule has 0 heterocycles. The minimum absolute atomic E-state index is 0.0348. The predicted octanol–water partition coefficient (Wildman–Crippen LogP) is 3.66. The number of benzene rings is 1. The molecule has 0 radical (unpaired) electrons. The fourth-order valence-corrected chi connectivity index (χ4v) is 1.48. The van der Waals surface area contributed by atoms with Gasteiger partial charge in [-0.15, -0.1) is 0 Å². The molecular formula is C10H11BrF2O. The van der Waals surface area contributed by atoms with E-state index in [1.807, 2.05) is 0 Å². The van der Waals surface area contributed by atoms with E-state index in [1.54, 1.807) is 0 Å². The average molecular weight is 265 g/mol. The molecule has 0 aromatic heterocycles. The summed E-state index contributed by atoms with van der Waals surface area (Å²) in [6.07, 6.45) is -1.05. The maximum atomic E-state index is 12.3. The van der Waals surface area contributed by atoms with E-state index in [4.69, 9.17) is 0 Å². The Bertz CT molecular complexity index is 302. The van der Waals surface area contributed by atoms with Crippen LogP contribution in [0.25, 0.3) is 0 Å². The monoisotopic (exact) mass is 264 g/mol. The highest BCUT2D eigenvalue weighted by molar-refractivity contribution is 9.09. The Morgan fingerprint density at radius 3 is 2.64 bits per heavy atom. The lowest BCUT2D eigenvalue weighted by atomic mass is 10.1. The van der Waals surface area contributed by atoms with E-state index in [-0.39, 0.29) is 11.3 Å². The molecule has 0 atom stereocenters. The lowest BCUT2D eigenvalue weighted by molar-refractivity contribution is 0.151. The van der Waals surface area contributed by atoms with Gasteiger partial charge in [0.2, 0.25) is 0 Å². The summed E-state index contributed by atoms with van der Waals surface area (Å²) in [6.45, 7) is 0. The van der Waals surface area contributed by atoms with Crippen molar-refractivity contribution >= 4 is 15.9 Å². The number of halogens is 3. The molecule has 1 nitrogen and oxygen atoms in total. The van der Waals surface area contributed by atoms with Gasteiger partial charge in [0, 0.05) is 10.9 Å². The van der Waals surface area contributed by atoms with Gasteiger partial charge in [0.05, 0.1) is 0 Å². The van der Waals surface area contributed by atoms with Crippen LogP contribution in [0.15, 0.2) is 18.2 Å². The number of hydrogen-bond acceptors (Lipinski definition) is 1. The quantitative estimate of drug-likeness (QED) is 0.824. The molecule has 0 unspecified atom stereocenters. The van der Waals surface area contributed by atoms with Crippen LogP contribution in [0.3, 0.4) is 0 Å². The third kappa shape index (κ3) is 2.94. The average Bonchev–Trinajstić information content (AvgIpc) is 2.16. The third-order valence-electron chi connectivity index (χ3n) is 1.94. The van der Waals surface area contributed by atoms with Crippen LogP contribution >= 0.6 is 15.9 Å². The second-order valence-electron chi connectivity index (χ2n) is 2.98. The molecule has 0 aliphatic carbocycles. The van der Waals surface area contributed by atoms with Gasteiger partial charge in [-0.2, -0.15) is 0 Å². The highest BCUT2D eigenvalue weighted by Crippen LogP contribution is 2.26. The van der Waals surface area contributed by atoms with Crippen LogP contribution in [0.5, 0.6) is 5.75 Å². The van der Waals surface area contributed by atoms with Gasteiger partial charge in [0.15, 0.2) is 0 Å². The van der Waals surface area contributed by atoms with Gasteiger partial charge < -0.3 is 5.11 Å². The molecule has 1 N–H and O–H groups in total. The summed E-state index contributed by atoms with van der Waals surface area (Å²) in [5.41, 5.74) is 0.551. The van der Waals surface area contributed by atoms with Crippen molar-refractivity contribution in [2.45, 2.75) is 19.3 Å². The van der Waals surface area contributed by atoms with E-state index in [2.05, 4.69) is 15.9 Å². The topological polar surface area (TPSA) is 20.2 Å². The number of phenolic OH excluding ortho intramolecular Hbond substituents is 1. The highest BCUT2D eigenvalue weighted by atomic mass is 79.9. The number of phenols is 1. The second kappa shape index (κ2) is 5.29. The number of hydrogen-bond donors (Lipinski definition) is 1. The predicted molar refractivity (Wildman–Crippen MR) is 55.2 cm³/mol. The molecule has 0 spiro atoms. The van der Waals surface area contributed by atoms with Gasteiger partial charge >= 0.3 is 0 Å². The van der Waals surface area contributed by atoms with Gasteiger partial charge in [0.25, 0.3) is 6.43 Å². The Kier molecular flexibility index (Phi) is 4.32. The first-order valence-corrected chi connectivity index (χ1v) is 5.43. The summed E-state index contributed by atoms with van der Waals surface area (Å²) >= 11 is 3.25. The van der Waals surface area contributed by atoms with Crippen molar-refractivity contribution < 1.29 is 13.9 Å². The van der Waals surface area contributed by atoms with Gasteiger partial charge in [0.1, 0.15) is 5.75 Å². The van der Waals surface area contributed by atoms with Crippen LogP contribution in [-0.2, 0) is 6.42 Å². The first-order chi connectivity index (χ1) is 6.65. The van der Waals surface area contributed by atoms with E-state index >= 15 is 0 Å². The molecule has 0 bridgehead atoms. The Hall–Kier alpha value is -0.640. The maximum Gasteiger partial charge on any atom is 0.263 e. The molecule has 4 heteroatoms. The van der Waals surface area contributed by atoms with Crippen molar-refractivity contribution in [1.82, 2.24) is 0 Å². The van der Waals surface area contributed by atoms with Crippen LogP contribution < -0.4 is 0 Å². The highest BCUT2D eigenvalue weighted by Gasteiger charge is 2.09. The van der Waals surface area contributed by atoms with Crippen LogP contribution in [0.4, 0.5) is 8.78 Å². The Morgan fingerprint density at radius 2 is 2.07 bits per heavy atom. The minimum Gasteiger partial charge on any atom is -0.508 e. The lowest BCUT2D eigenvalue weighted by Gasteiger charge is -2.06. The van der Waals surface area contributed by atoms with Gasteiger partial charge in [-0.3, -0.25) is 0 Å². The molecular weight excluding hydrogens is 254 g/mol. The zero-order valence-electron chi connectivity index (χ0n) is 7.51. The number of aryl methyl sites for hydroxylation is 1. The summed E-state index contributed by atoms with van der Waals surface area (Å²) in [7, 11) is 0. The molecule has 14 heavy (non-hydrogen) atoms. The van der Waals surface area contributed by atoms with Gasteiger partial charge in [-0.05, 0) is 36.6 Å². The Morgan fingerprint density at radius 1 is 1.36 bits per heavy atom. The lowest BCUT2D eigenvalue weighted by Crippen LogP contribution is -1.91. The van der Waals surface area contributed by atoms with Crippen LogP contribution in [0.2, 0.25) is 0 Å². The fraction of sp³-hybridized carbons (Fsp3) is 0.400. The largest absolute Gasteiger partial charge is 0.508 e. The number of alkyl halides is 3. The van der Waals surface area contributed by atoms with E-state index in [0.29, 0.717) is 12.0 Å². The molecule has 78 valence electrons. The molecule has 0 aliphatic heterocycles. The van der Waals surface area contributed by atoms with Crippen LogP contribution in [0, 0.1) is 0 Å². The van der Waals surface area contributed by atoms with Crippen molar-refractivity contribution in [2.24, 2.45) is 0 Å². The van der Waals surface area contributed by atoms with E-state index < -0.39 is 6.43 Å². The van der Waals surface area contributed by atoms with E-state index in [0.717, 1.165) is 11.8 Å². The Labute approximate surface area is 89.9 Å². The number of aromatic hydroxyl groups is 1. The molecule has 0 fully saturated rings. The molecule has 0 aliphatic rings. The summed E-state index contributed by atoms with van der Waals surface area (Å²) in [4.78, 5) is 0. The minimum atomic E-state index is -2.47. The molecule has 1 aromatic carbocycles. The normalized spacial score (nSPS) is 10.9. The summed E-state index contributed by atoms with van der Waals surface area (Å²) < 4.78 is 24.6. The van der Waals surface area contributed by atoms with Crippen LogP contribution in [-0.4, -0.2) is 10.4 Å². The van der Waals surface area contributed by atoms with E-state index in [1.165, 1.54) is 18.2 Å². The van der Waals surface area contributed by atoms with Gasteiger partial charge in [-0.1, -0.05) is 15.9 Å². The first-order valence-electron chi connectivity index (χ1n) is 4.31. The SMILES string of the molecule is Oc1ccc(C(F)F)cc1CCCBr. The summed E-state index contributed by atoms with van der Waals surface area (Å²) in [5.74, 6) is 0.0929. The molecule has 0 saturated carbocycles. The van der Waals surface area contributed by atoms with Crippen LogP contribution in [0.1, 0.15) is 24.0 Å². The van der Waals surface area contributed by atoms with E-state index in [9.17, 15) is 13.9 Å². The van der Waals surface area contributed by atoms with Crippen molar-refractivity contribution in [3.05, 3.63) is 29.3 Å². The second-order valence-corrected chi connectivity index (χ2v) is 3.77. The fourth-order valence-electron chi connectivity index (χ4n) is 1.20. The molecule has 1 rings (SSSR count). The maximum absolute atomic E-state index is 12.3. The van der Waals surface area contributed by atoms with Crippen molar-refractivity contribution in [3.8, 4) is 5.75 Å². The van der Waals surface area contributed by atoms with Crippen molar-refractivity contribution in [1.29, 1.82) is 0 Å². The molecule has 0 amide bonds. The Balaban J connectivity index is 2.85. The molecule has 0 saturated heterocycles. The zero-order chi connectivity index (χ0) is 10.6. The zero-order valence-corrected chi connectivity index (χ0v) is 9.10. The van der Waals surface area contributed by atoms with Crippen molar-refractivity contribution in [2.75, 3.05) is 5.33 Å². The van der Waals surface area contributed by atoms with Crippen molar-refractivity contribution in [3.63, 3.8) is 0 Å². The van der Waals surface area contributed by atoms with Gasteiger partial charge in [-0.25, -0.2) is 8.78 Å². The number of rotatable bonds is 4. The standard InChI is InChI=1S/C10H11BrF2O/c11-5-1-2-7-6-8(10(12)13)3-4-9(7)14/h3-4,6,10,14H,1-2,5H2.